The van der Waals surface area contributed by atoms with Gasteiger partial charge in [-0.1, -0.05) is 6.07 Å². The second kappa shape index (κ2) is 6.24. The van der Waals surface area contributed by atoms with E-state index < -0.39 is 10.0 Å². The van der Waals surface area contributed by atoms with E-state index >= 15 is 0 Å². The maximum absolute atomic E-state index is 12.5. The van der Waals surface area contributed by atoms with Crippen LogP contribution in [0.3, 0.4) is 0 Å². The zero-order valence-corrected chi connectivity index (χ0v) is 14.5. The molecule has 2 aliphatic rings. The van der Waals surface area contributed by atoms with Crippen LogP contribution in [0.4, 0.5) is 0 Å². The fourth-order valence-corrected chi connectivity index (χ4v) is 4.64. The number of likely N-dealkylation sites (tertiary alicyclic amines) is 1. The van der Waals surface area contributed by atoms with Crippen molar-refractivity contribution in [3.8, 4) is 0 Å². The molecule has 1 amide bonds. The number of nitrogens with one attached hydrogen (secondary N) is 1. The van der Waals surface area contributed by atoms with Crippen LogP contribution in [0.2, 0.25) is 0 Å². The first-order valence-electron chi connectivity index (χ1n) is 8.28. The first-order valence-corrected chi connectivity index (χ1v) is 9.76. The van der Waals surface area contributed by atoms with Crippen molar-refractivity contribution in [3.05, 3.63) is 29.3 Å². The number of fused-ring (bicyclic) bond motifs is 1. The highest BCUT2D eigenvalue weighted by Crippen LogP contribution is 2.25. The maximum atomic E-state index is 12.5. The summed E-state index contributed by atoms with van der Waals surface area (Å²) in [4.78, 5) is 14.0. The highest BCUT2D eigenvalue weighted by molar-refractivity contribution is 7.89. The molecule has 23 heavy (non-hydrogen) atoms. The van der Waals surface area contributed by atoms with Gasteiger partial charge in [0.15, 0.2) is 0 Å². The van der Waals surface area contributed by atoms with E-state index in [9.17, 15) is 13.2 Å². The lowest BCUT2D eigenvalue weighted by Gasteiger charge is -2.21. The lowest BCUT2D eigenvalue weighted by molar-refractivity contribution is -0.129. The van der Waals surface area contributed by atoms with Crippen LogP contribution in [0, 0.1) is 5.92 Å². The lowest BCUT2D eigenvalue weighted by Crippen LogP contribution is -2.34. The van der Waals surface area contributed by atoms with Gasteiger partial charge in [-0.25, -0.2) is 13.1 Å². The molecule has 1 unspecified atom stereocenters. The number of amides is 1. The third-order valence-corrected chi connectivity index (χ3v) is 6.23. The average molecular weight is 336 g/mol. The summed E-state index contributed by atoms with van der Waals surface area (Å²) in [5.41, 5.74) is 2.41. The Bertz CT molecular complexity index is 713. The van der Waals surface area contributed by atoms with Gasteiger partial charge in [0.1, 0.15) is 0 Å². The largest absolute Gasteiger partial charge is 0.340 e. The van der Waals surface area contributed by atoms with Crippen LogP contribution >= 0.6 is 0 Å². The second-order valence-corrected chi connectivity index (χ2v) is 8.61. The van der Waals surface area contributed by atoms with Gasteiger partial charge in [-0.05, 0) is 62.3 Å². The molecule has 1 heterocycles. The first-order chi connectivity index (χ1) is 10.9. The fourth-order valence-electron chi connectivity index (χ4n) is 3.47. The van der Waals surface area contributed by atoms with Crippen molar-refractivity contribution in [1.29, 1.82) is 0 Å². The standard InChI is InChI=1S/C17H24N2O3S/c1-12(2)19-11-13(8-17(19)20)10-18-23(21,22)16-7-6-14-4-3-5-15(14)9-16/h6-7,9,12-13,18H,3-5,8,10-11H2,1-2H3. The summed E-state index contributed by atoms with van der Waals surface area (Å²) in [5.74, 6) is 0.163. The van der Waals surface area contributed by atoms with Gasteiger partial charge < -0.3 is 4.90 Å². The number of nitrogens with zero attached hydrogens (tertiary/aromatic N) is 1. The van der Waals surface area contributed by atoms with E-state index in [1.165, 1.54) is 5.56 Å². The SMILES string of the molecule is CC(C)N1CC(CNS(=O)(=O)c2ccc3c(c2)CCC3)CC1=O. The summed E-state index contributed by atoms with van der Waals surface area (Å²) in [6, 6.07) is 5.58. The van der Waals surface area contributed by atoms with E-state index in [0.717, 1.165) is 24.8 Å². The Morgan fingerprint density at radius 1 is 1.26 bits per heavy atom. The Morgan fingerprint density at radius 3 is 2.70 bits per heavy atom. The van der Waals surface area contributed by atoms with Crippen molar-refractivity contribution in [2.24, 2.45) is 5.92 Å². The molecule has 5 nitrogen and oxygen atoms in total. The van der Waals surface area contributed by atoms with E-state index in [-0.39, 0.29) is 17.9 Å². The van der Waals surface area contributed by atoms with Crippen LogP contribution in [0.15, 0.2) is 23.1 Å². The summed E-state index contributed by atoms with van der Waals surface area (Å²) in [7, 11) is -3.50. The van der Waals surface area contributed by atoms with Crippen LogP contribution in [0.1, 0.15) is 37.8 Å². The van der Waals surface area contributed by atoms with E-state index in [1.54, 1.807) is 12.1 Å². The van der Waals surface area contributed by atoms with Crippen molar-refractivity contribution in [2.75, 3.05) is 13.1 Å². The number of aryl methyl sites for hydroxylation is 2. The third-order valence-electron chi connectivity index (χ3n) is 4.80. The molecule has 1 aliphatic heterocycles. The van der Waals surface area contributed by atoms with Crippen molar-refractivity contribution in [1.82, 2.24) is 9.62 Å². The van der Waals surface area contributed by atoms with Crippen molar-refractivity contribution in [3.63, 3.8) is 0 Å². The van der Waals surface area contributed by atoms with Crippen LogP contribution < -0.4 is 4.72 Å². The summed E-state index contributed by atoms with van der Waals surface area (Å²) < 4.78 is 27.6. The zero-order valence-electron chi connectivity index (χ0n) is 13.7. The Morgan fingerprint density at radius 2 is 2.00 bits per heavy atom. The minimum Gasteiger partial charge on any atom is -0.340 e. The van der Waals surface area contributed by atoms with Gasteiger partial charge in [-0.3, -0.25) is 4.79 Å². The minimum atomic E-state index is -3.50. The molecule has 1 aliphatic carbocycles. The lowest BCUT2D eigenvalue weighted by atomic mass is 10.1. The summed E-state index contributed by atoms with van der Waals surface area (Å²) in [6.45, 7) is 4.90. The predicted molar refractivity (Wildman–Crippen MR) is 88.6 cm³/mol. The molecule has 126 valence electrons. The quantitative estimate of drug-likeness (QED) is 0.890. The van der Waals surface area contributed by atoms with Gasteiger partial charge in [0.25, 0.3) is 0 Å². The zero-order chi connectivity index (χ0) is 16.6. The molecule has 1 fully saturated rings. The molecule has 1 aromatic rings. The second-order valence-electron chi connectivity index (χ2n) is 6.85. The number of carbonyl (C=O) groups is 1. The van der Waals surface area contributed by atoms with Crippen LogP contribution in [0.5, 0.6) is 0 Å². The van der Waals surface area contributed by atoms with E-state index in [1.807, 2.05) is 24.8 Å². The van der Waals surface area contributed by atoms with Crippen molar-refractivity contribution >= 4 is 15.9 Å². The Hall–Kier alpha value is -1.40. The molecular formula is C17H24N2O3S. The van der Waals surface area contributed by atoms with E-state index in [0.29, 0.717) is 24.4 Å². The number of rotatable bonds is 5. The average Bonchev–Trinajstić information content (AvgIpc) is 3.10. The van der Waals surface area contributed by atoms with Crippen LogP contribution in [-0.2, 0) is 27.7 Å². The molecule has 0 radical (unpaired) electrons. The molecular weight excluding hydrogens is 312 g/mol. The molecule has 6 heteroatoms. The number of carbonyl (C=O) groups excluding carboxylic acids is 1. The monoisotopic (exact) mass is 336 g/mol. The molecule has 1 aromatic carbocycles. The van der Waals surface area contributed by atoms with E-state index in [2.05, 4.69) is 4.72 Å². The molecule has 1 saturated heterocycles. The van der Waals surface area contributed by atoms with Crippen molar-refractivity contribution < 1.29 is 13.2 Å². The third kappa shape index (κ3) is 3.43. The van der Waals surface area contributed by atoms with E-state index in [4.69, 9.17) is 0 Å². The predicted octanol–water partition coefficient (Wildman–Crippen LogP) is 1.71. The maximum Gasteiger partial charge on any atom is 0.240 e. The van der Waals surface area contributed by atoms with Gasteiger partial charge in [-0.2, -0.15) is 0 Å². The smallest absolute Gasteiger partial charge is 0.240 e. The highest BCUT2D eigenvalue weighted by atomic mass is 32.2. The topological polar surface area (TPSA) is 66.5 Å². The Balaban J connectivity index is 1.65. The number of hydrogen-bond acceptors (Lipinski definition) is 3. The van der Waals surface area contributed by atoms with Gasteiger partial charge in [0.05, 0.1) is 4.90 Å². The Kier molecular flexibility index (Phi) is 4.47. The fraction of sp³-hybridized carbons (Fsp3) is 0.588. The summed E-state index contributed by atoms with van der Waals surface area (Å²) in [6.07, 6.45) is 3.52. The molecule has 0 bridgehead atoms. The normalized spacial score (nSPS) is 21.3. The summed E-state index contributed by atoms with van der Waals surface area (Å²) in [5, 5.41) is 0. The van der Waals surface area contributed by atoms with Gasteiger partial charge in [0, 0.05) is 25.6 Å². The van der Waals surface area contributed by atoms with Crippen LogP contribution in [0.25, 0.3) is 0 Å². The van der Waals surface area contributed by atoms with Gasteiger partial charge in [-0.15, -0.1) is 0 Å². The molecule has 1 atom stereocenters. The molecule has 0 aromatic heterocycles. The molecule has 3 rings (SSSR count). The first kappa shape index (κ1) is 16.5. The number of benzene rings is 1. The minimum absolute atomic E-state index is 0.0501. The molecule has 0 spiro atoms. The molecule has 0 saturated carbocycles. The Labute approximate surface area is 138 Å². The van der Waals surface area contributed by atoms with Gasteiger partial charge in [0.2, 0.25) is 15.9 Å². The van der Waals surface area contributed by atoms with Crippen LogP contribution in [-0.4, -0.2) is 38.4 Å². The van der Waals surface area contributed by atoms with Crippen molar-refractivity contribution in [2.45, 2.75) is 50.5 Å². The summed E-state index contributed by atoms with van der Waals surface area (Å²) >= 11 is 0. The number of sulfonamides is 1. The molecule has 1 N–H and O–H groups in total. The highest BCUT2D eigenvalue weighted by Gasteiger charge is 2.32. The number of hydrogen-bond donors (Lipinski definition) is 1. The van der Waals surface area contributed by atoms with Gasteiger partial charge >= 0.3 is 0 Å².